The number of halogens is 1. The molecule has 0 bridgehead atoms. The van der Waals surface area contributed by atoms with Gasteiger partial charge in [-0.2, -0.15) is 0 Å². The zero-order chi connectivity index (χ0) is 18.1. The van der Waals surface area contributed by atoms with Crippen molar-refractivity contribution in [2.24, 2.45) is 0 Å². The molecule has 0 unspecified atom stereocenters. The highest BCUT2D eigenvalue weighted by atomic mass is 19.1. The van der Waals surface area contributed by atoms with Crippen LogP contribution in [0.4, 0.5) is 10.1 Å². The number of aryl methyl sites for hydroxylation is 2. The van der Waals surface area contributed by atoms with E-state index in [0.717, 1.165) is 74.2 Å². The fraction of sp³-hybridized carbons (Fsp3) is 0.500. The number of hydrogen-bond donors (Lipinski definition) is 1. The van der Waals surface area contributed by atoms with Crippen LogP contribution >= 0.6 is 0 Å². The molecule has 0 saturated carbocycles. The normalized spacial score (nSPS) is 19.9. The Kier molecular flexibility index (Phi) is 4.66. The number of amides is 1. The van der Waals surface area contributed by atoms with Crippen molar-refractivity contribution in [3.05, 3.63) is 46.6 Å². The van der Waals surface area contributed by atoms with Crippen molar-refractivity contribution in [1.82, 2.24) is 10.5 Å². The van der Waals surface area contributed by atoms with Gasteiger partial charge in [-0.05, 0) is 62.8 Å². The summed E-state index contributed by atoms with van der Waals surface area (Å²) in [5, 5.41) is 7.15. The lowest BCUT2D eigenvalue weighted by molar-refractivity contribution is 0.0923. The second-order valence-corrected chi connectivity index (χ2v) is 7.33. The van der Waals surface area contributed by atoms with E-state index >= 15 is 0 Å². The standard InChI is InChI=1S/C20H24FN3O2/c1-13-11-14(21)8-9-17(13)24-10-4-5-15(12-24)22-20(25)19-16-6-2-3-7-18(16)26-23-19/h8-9,11,15H,2-7,10,12H2,1H3,(H,22,25)/t15-/m1/s1. The van der Waals surface area contributed by atoms with Gasteiger partial charge in [-0.1, -0.05) is 5.16 Å². The van der Waals surface area contributed by atoms with Gasteiger partial charge in [0.1, 0.15) is 11.6 Å². The van der Waals surface area contributed by atoms with Crippen LogP contribution in [0.3, 0.4) is 0 Å². The fourth-order valence-corrected chi connectivity index (χ4v) is 4.10. The lowest BCUT2D eigenvalue weighted by Crippen LogP contribution is -2.48. The van der Waals surface area contributed by atoms with Crippen molar-refractivity contribution in [3.63, 3.8) is 0 Å². The topological polar surface area (TPSA) is 58.4 Å². The first-order valence-corrected chi connectivity index (χ1v) is 9.41. The van der Waals surface area contributed by atoms with Crippen LogP contribution in [0.1, 0.15) is 53.1 Å². The van der Waals surface area contributed by atoms with E-state index in [4.69, 9.17) is 4.52 Å². The average molecular weight is 357 g/mol. The molecule has 1 saturated heterocycles. The third kappa shape index (κ3) is 3.32. The molecule has 1 aromatic carbocycles. The van der Waals surface area contributed by atoms with Crippen LogP contribution in [0, 0.1) is 12.7 Å². The van der Waals surface area contributed by atoms with E-state index in [1.54, 1.807) is 6.07 Å². The molecule has 1 atom stereocenters. The number of nitrogens with zero attached hydrogens (tertiary/aromatic N) is 2. The number of hydrogen-bond acceptors (Lipinski definition) is 4. The number of benzene rings is 1. The molecule has 1 aromatic heterocycles. The summed E-state index contributed by atoms with van der Waals surface area (Å²) in [5.74, 6) is 0.511. The summed E-state index contributed by atoms with van der Waals surface area (Å²) in [6, 6.07) is 4.92. The zero-order valence-corrected chi connectivity index (χ0v) is 15.1. The van der Waals surface area contributed by atoms with Crippen molar-refractivity contribution >= 4 is 11.6 Å². The number of aromatic nitrogens is 1. The number of carbonyl (C=O) groups excluding carboxylic acids is 1. The Hall–Kier alpha value is -2.37. The Morgan fingerprint density at radius 1 is 1.31 bits per heavy atom. The minimum atomic E-state index is -0.219. The van der Waals surface area contributed by atoms with Gasteiger partial charge < -0.3 is 14.7 Å². The van der Waals surface area contributed by atoms with E-state index in [1.807, 2.05) is 13.0 Å². The maximum absolute atomic E-state index is 13.4. The number of fused-ring (bicyclic) bond motifs is 1. The molecule has 138 valence electrons. The van der Waals surface area contributed by atoms with Gasteiger partial charge >= 0.3 is 0 Å². The summed E-state index contributed by atoms with van der Waals surface area (Å²) in [4.78, 5) is 14.9. The van der Waals surface area contributed by atoms with E-state index in [0.29, 0.717) is 5.69 Å². The Morgan fingerprint density at radius 2 is 2.15 bits per heavy atom. The summed E-state index contributed by atoms with van der Waals surface area (Å²) in [6.07, 6.45) is 5.83. The van der Waals surface area contributed by atoms with Gasteiger partial charge in [-0.25, -0.2) is 4.39 Å². The van der Waals surface area contributed by atoms with Gasteiger partial charge in [0.25, 0.3) is 5.91 Å². The van der Waals surface area contributed by atoms with Gasteiger partial charge in [0.2, 0.25) is 0 Å². The van der Waals surface area contributed by atoms with E-state index in [9.17, 15) is 9.18 Å². The zero-order valence-electron chi connectivity index (χ0n) is 15.1. The Bertz CT molecular complexity index is 817. The maximum atomic E-state index is 13.4. The quantitative estimate of drug-likeness (QED) is 0.915. The summed E-state index contributed by atoms with van der Waals surface area (Å²) < 4.78 is 18.7. The molecule has 2 aromatic rings. The van der Waals surface area contributed by atoms with E-state index in [2.05, 4.69) is 15.4 Å². The molecule has 1 N–H and O–H groups in total. The highest BCUT2D eigenvalue weighted by Crippen LogP contribution is 2.26. The number of piperidine rings is 1. The summed E-state index contributed by atoms with van der Waals surface area (Å²) in [5.41, 5.74) is 3.39. The smallest absolute Gasteiger partial charge is 0.274 e. The number of rotatable bonds is 3. The lowest BCUT2D eigenvalue weighted by Gasteiger charge is -2.35. The van der Waals surface area contributed by atoms with Gasteiger partial charge in [0, 0.05) is 36.8 Å². The molecule has 26 heavy (non-hydrogen) atoms. The Balaban J connectivity index is 1.45. The minimum Gasteiger partial charge on any atom is -0.369 e. The third-order valence-corrected chi connectivity index (χ3v) is 5.42. The molecule has 5 nitrogen and oxygen atoms in total. The maximum Gasteiger partial charge on any atom is 0.274 e. The van der Waals surface area contributed by atoms with E-state index < -0.39 is 0 Å². The first kappa shape index (κ1) is 17.1. The van der Waals surface area contributed by atoms with Gasteiger partial charge in [-0.15, -0.1) is 0 Å². The number of nitrogens with one attached hydrogen (secondary N) is 1. The Morgan fingerprint density at radius 3 is 3.00 bits per heavy atom. The van der Waals surface area contributed by atoms with E-state index in [-0.39, 0.29) is 17.8 Å². The average Bonchev–Trinajstić information content (AvgIpc) is 3.06. The summed E-state index contributed by atoms with van der Waals surface area (Å²) >= 11 is 0. The van der Waals surface area contributed by atoms with Crippen molar-refractivity contribution < 1.29 is 13.7 Å². The number of carbonyl (C=O) groups is 1. The molecule has 1 fully saturated rings. The molecular formula is C20H24FN3O2. The van der Waals surface area contributed by atoms with Crippen LogP contribution in [0.15, 0.2) is 22.7 Å². The molecule has 0 radical (unpaired) electrons. The second-order valence-electron chi connectivity index (χ2n) is 7.33. The first-order valence-electron chi connectivity index (χ1n) is 9.41. The summed E-state index contributed by atoms with van der Waals surface area (Å²) in [7, 11) is 0. The Labute approximate surface area is 152 Å². The fourth-order valence-electron chi connectivity index (χ4n) is 4.10. The molecule has 2 heterocycles. The molecule has 6 heteroatoms. The lowest BCUT2D eigenvalue weighted by atomic mass is 9.96. The molecule has 2 aliphatic rings. The molecule has 4 rings (SSSR count). The van der Waals surface area contributed by atoms with Crippen molar-refractivity contribution in [2.45, 2.75) is 51.5 Å². The van der Waals surface area contributed by atoms with Gasteiger partial charge in [0.15, 0.2) is 5.69 Å². The third-order valence-electron chi connectivity index (χ3n) is 5.42. The molecule has 1 aliphatic heterocycles. The predicted octanol–water partition coefficient (Wildman–Crippen LogP) is 3.40. The predicted molar refractivity (Wildman–Crippen MR) is 97.0 cm³/mol. The first-order chi connectivity index (χ1) is 12.6. The highest BCUT2D eigenvalue weighted by Gasteiger charge is 2.27. The van der Waals surface area contributed by atoms with Crippen molar-refractivity contribution in [3.8, 4) is 0 Å². The van der Waals surface area contributed by atoms with Crippen LogP contribution < -0.4 is 10.2 Å². The molecule has 0 spiro atoms. The second kappa shape index (κ2) is 7.09. The van der Waals surface area contributed by atoms with Gasteiger partial charge in [-0.3, -0.25) is 4.79 Å². The SMILES string of the molecule is Cc1cc(F)ccc1N1CCC[C@@H](NC(=O)c2noc3c2CCCC3)C1. The van der Waals surface area contributed by atoms with Crippen LogP contribution in [0.25, 0.3) is 0 Å². The largest absolute Gasteiger partial charge is 0.369 e. The molecular weight excluding hydrogens is 333 g/mol. The van der Waals surface area contributed by atoms with Gasteiger partial charge in [0.05, 0.1) is 0 Å². The minimum absolute atomic E-state index is 0.0524. The van der Waals surface area contributed by atoms with Crippen LogP contribution in [-0.2, 0) is 12.8 Å². The van der Waals surface area contributed by atoms with Crippen molar-refractivity contribution in [2.75, 3.05) is 18.0 Å². The van der Waals surface area contributed by atoms with E-state index in [1.165, 1.54) is 6.07 Å². The number of anilines is 1. The monoisotopic (exact) mass is 357 g/mol. The van der Waals surface area contributed by atoms with Crippen LogP contribution in [-0.4, -0.2) is 30.2 Å². The molecule has 1 aliphatic carbocycles. The van der Waals surface area contributed by atoms with Crippen LogP contribution in [0.5, 0.6) is 0 Å². The van der Waals surface area contributed by atoms with Crippen molar-refractivity contribution in [1.29, 1.82) is 0 Å². The summed E-state index contributed by atoms with van der Waals surface area (Å²) in [6.45, 7) is 3.55. The van der Waals surface area contributed by atoms with Crippen LogP contribution in [0.2, 0.25) is 0 Å². The molecule has 1 amide bonds. The highest BCUT2D eigenvalue weighted by molar-refractivity contribution is 5.94.